The topological polar surface area (TPSA) is 36.8 Å². The van der Waals surface area contributed by atoms with E-state index < -0.39 is 0 Å². The van der Waals surface area contributed by atoms with Crippen LogP contribution in [0.15, 0.2) is 21.6 Å². The van der Waals surface area contributed by atoms with Gasteiger partial charge in [0, 0.05) is 6.08 Å². The standard InChI is InChI=1S/C3H2Cl2N3/c4-2-1-3(5)7-8-6-2/h1H,(H,6,7). The zero-order valence-corrected chi connectivity index (χ0v) is 5.24. The summed E-state index contributed by atoms with van der Waals surface area (Å²) in [4.78, 5) is 0. The highest BCUT2D eigenvalue weighted by atomic mass is 35.5. The normalized spacial score (nSPS) is 20.0. The molecule has 1 radical (unpaired) electrons. The number of halogens is 2. The quantitative estimate of drug-likeness (QED) is 0.526. The van der Waals surface area contributed by atoms with Gasteiger partial charge in [0.15, 0.2) is 0 Å². The van der Waals surface area contributed by atoms with Gasteiger partial charge >= 0.3 is 0 Å². The third-order valence-corrected chi connectivity index (χ3v) is 0.926. The van der Waals surface area contributed by atoms with Crippen LogP contribution in [0.5, 0.6) is 0 Å². The lowest BCUT2D eigenvalue weighted by Crippen LogP contribution is -2.03. The van der Waals surface area contributed by atoms with Crippen LogP contribution in [0.3, 0.4) is 0 Å². The highest BCUT2D eigenvalue weighted by Gasteiger charge is 2.04. The number of hydrogen-bond acceptors (Lipinski definition) is 3. The van der Waals surface area contributed by atoms with Crippen LogP contribution in [0.4, 0.5) is 0 Å². The smallest absolute Gasteiger partial charge is 0.222 e. The fourth-order valence-corrected chi connectivity index (χ4v) is 0.630. The molecule has 1 N–H and O–H groups in total. The lowest BCUT2D eigenvalue weighted by molar-refractivity contribution is 0.804. The molecule has 5 heteroatoms. The Bertz CT molecular complexity index is 141. The van der Waals surface area contributed by atoms with Crippen molar-refractivity contribution < 1.29 is 0 Å². The first kappa shape index (κ1) is 5.85. The Hall–Kier alpha value is -0.280. The number of hydrogen-bond donors (Lipinski definition) is 1. The molecule has 0 saturated carbocycles. The molecule has 0 spiro atoms. The van der Waals surface area contributed by atoms with Gasteiger partial charge in [-0.15, -0.1) is 5.11 Å². The van der Waals surface area contributed by atoms with E-state index in [0.29, 0.717) is 5.16 Å². The molecule has 0 saturated heterocycles. The number of nitrogens with one attached hydrogen (secondary N) is 1. The van der Waals surface area contributed by atoms with Crippen molar-refractivity contribution in [1.29, 1.82) is 0 Å². The fraction of sp³-hybridized carbons (Fsp3) is 0. The van der Waals surface area contributed by atoms with Crippen molar-refractivity contribution in [2.24, 2.45) is 10.3 Å². The second kappa shape index (κ2) is 2.33. The van der Waals surface area contributed by atoms with Crippen LogP contribution in [0.25, 0.3) is 0 Å². The molecule has 0 fully saturated rings. The molecule has 0 atom stereocenters. The summed E-state index contributed by atoms with van der Waals surface area (Å²) in [5.41, 5.74) is 2.68. The molecule has 0 aromatic rings. The molecule has 1 heterocycles. The van der Waals surface area contributed by atoms with E-state index in [1.54, 1.807) is 0 Å². The van der Waals surface area contributed by atoms with E-state index in [4.69, 9.17) is 23.2 Å². The summed E-state index contributed by atoms with van der Waals surface area (Å²) in [6.07, 6.45) is 1.47. The summed E-state index contributed by atoms with van der Waals surface area (Å²) in [5.74, 6) is 0. The molecular formula is C3H2Cl2N3. The SMILES string of the molecule is Cl[C]1C=C(Cl)NN=N1. The summed E-state index contributed by atoms with van der Waals surface area (Å²) in [7, 11) is 0. The van der Waals surface area contributed by atoms with Crippen molar-refractivity contribution in [2.45, 2.75) is 0 Å². The van der Waals surface area contributed by atoms with Crippen molar-refractivity contribution in [2.75, 3.05) is 0 Å². The van der Waals surface area contributed by atoms with Gasteiger partial charge in [-0.25, -0.2) is 5.43 Å². The highest BCUT2D eigenvalue weighted by molar-refractivity contribution is 6.32. The molecule has 8 heavy (non-hydrogen) atoms. The van der Waals surface area contributed by atoms with Crippen molar-refractivity contribution in [3.8, 4) is 0 Å². The first-order valence-electron chi connectivity index (χ1n) is 1.85. The first-order valence-corrected chi connectivity index (χ1v) is 2.61. The third kappa shape index (κ3) is 1.35. The van der Waals surface area contributed by atoms with Crippen molar-refractivity contribution in [3.63, 3.8) is 0 Å². The maximum Gasteiger partial charge on any atom is 0.222 e. The van der Waals surface area contributed by atoms with Crippen LogP contribution < -0.4 is 5.43 Å². The predicted molar refractivity (Wildman–Crippen MR) is 31.0 cm³/mol. The van der Waals surface area contributed by atoms with Crippen molar-refractivity contribution in [3.05, 3.63) is 16.7 Å². The lowest BCUT2D eigenvalue weighted by Gasteiger charge is -2.01. The van der Waals surface area contributed by atoms with Crippen molar-refractivity contribution >= 4 is 23.2 Å². The Kier molecular flexibility index (Phi) is 1.70. The minimum Gasteiger partial charge on any atom is -0.249 e. The molecule has 3 nitrogen and oxygen atoms in total. The third-order valence-electron chi connectivity index (χ3n) is 0.548. The van der Waals surface area contributed by atoms with E-state index >= 15 is 0 Å². The average molecular weight is 151 g/mol. The first-order chi connectivity index (χ1) is 3.79. The van der Waals surface area contributed by atoms with Crippen LogP contribution in [-0.2, 0) is 0 Å². The van der Waals surface area contributed by atoms with E-state index in [2.05, 4.69) is 15.8 Å². The van der Waals surface area contributed by atoms with Gasteiger partial charge in [0.2, 0.25) is 5.50 Å². The summed E-state index contributed by atoms with van der Waals surface area (Å²) in [6, 6.07) is 0. The average Bonchev–Trinajstić information content (AvgIpc) is 1.64. The van der Waals surface area contributed by atoms with E-state index in [1.165, 1.54) is 6.08 Å². The van der Waals surface area contributed by atoms with E-state index in [0.717, 1.165) is 0 Å². The van der Waals surface area contributed by atoms with E-state index in [9.17, 15) is 0 Å². The maximum absolute atomic E-state index is 5.40. The monoisotopic (exact) mass is 150 g/mol. The predicted octanol–water partition coefficient (Wildman–Crippen LogP) is 1.77. The molecule has 1 rings (SSSR count). The Morgan fingerprint density at radius 3 is 2.62 bits per heavy atom. The second-order valence-corrected chi connectivity index (χ2v) is 1.92. The van der Waals surface area contributed by atoms with Gasteiger partial charge in [0.05, 0.1) is 0 Å². The fourth-order valence-electron chi connectivity index (χ4n) is 0.286. The van der Waals surface area contributed by atoms with Crippen LogP contribution in [-0.4, -0.2) is 0 Å². The zero-order chi connectivity index (χ0) is 5.98. The largest absolute Gasteiger partial charge is 0.249 e. The summed E-state index contributed by atoms with van der Waals surface area (Å²) < 4.78 is 0. The second-order valence-electron chi connectivity index (χ2n) is 1.13. The molecule has 0 aliphatic carbocycles. The van der Waals surface area contributed by atoms with Gasteiger partial charge in [-0.2, -0.15) is 0 Å². The number of rotatable bonds is 0. The molecule has 0 aromatic heterocycles. The van der Waals surface area contributed by atoms with Crippen molar-refractivity contribution in [1.82, 2.24) is 5.43 Å². The summed E-state index contributed by atoms with van der Waals surface area (Å²) in [5, 5.41) is 7.14. The molecular weight excluding hydrogens is 149 g/mol. The number of nitrogens with zero attached hydrogens (tertiary/aromatic N) is 2. The lowest BCUT2D eigenvalue weighted by atomic mass is 10.6. The Morgan fingerprint density at radius 2 is 2.25 bits per heavy atom. The van der Waals surface area contributed by atoms with Crippen LogP contribution >= 0.6 is 23.2 Å². The van der Waals surface area contributed by atoms with Gasteiger partial charge in [-0.05, 0) is 0 Å². The Labute approximate surface area is 56.3 Å². The minimum absolute atomic E-state index is 0.286. The highest BCUT2D eigenvalue weighted by Crippen LogP contribution is 2.17. The Balaban J connectivity index is 2.60. The van der Waals surface area contributed by atoms with Gasteiger partial charge < -0.3 is 0 Å². The summed E-state index contributed by atoms with van der Waals surface area (Å²) >= 11 is 10.8. The van der Waals surface area contributed by atoms with Crippen LogP contribution in [0.2, 0.25) is 0 Å². The Morgan fingerprint density at radius 1 is 1.50 bits per heavy atom. The molecule has 43 valence electrons. The molecule has 0 unspecified atom stereocenters. The van der Waals surface area contributed by atoms with Crippen LogP contribution in [0, 0.1) is 5.50 Å². The van der Waals surface area contributed by atoms with Crippen LogP contribution in [0.1, 0.15) is 0 Å². The molecule has 1 aliphatic rings. The van der Waals surface area contributed by atoms with Gasteiger partial charge in [-0.1, -0.05) is 28.4 Å². The molecule has 1 aliphatic heterocycles. The van der Waals surface area contributed by atoms with E-state index in [1.807, 2.05) is 0 Å². The molecule has 0 aromatic carbocycles. The van der Waals surface area contributed by atoms with Gasteiger partial charge in [-0.3, -0.25) is 0 Å². The molecule has 0 amide bonds. The molecule has 0 bridgehead atoms. The van der Waals surface area contributed by atoms with Gasteiger partial charge in [0.1, 0.15) is 5.16 Å². The van der Waals surface area contributed by atoms with Gasteiger partial charge in [0.25, 0.3) is 0 Å². The zero-order valence-electron chi connectivity index (χ0n) is 3.73. The maximum atomic E-state index is 5.40. The minimum atomic E-state index is 0.286. The van der Waals surface area contributed by atoms with E-state index in [-0.39, 0.29) is 5.50 Å². The summed E-state index contributed by atoms with van der Waals surface area (Å²) in [6.45, 7) is 0.